The van der Waals surface area contributed by atoms with Crippen molar-refractivity contribution in [2.45, 2.75) is 26.3 Å². The minimum Gasteiger partial charge on any atom is -0.467 e. The molecule has 1 atom stereocenters. The first-order chi connectivity index (χ1) is 11.0. The number of amides is 1. The smallest absolute Gasteiger partial charge is 0.328 e. The zero-order valence-electron chi connectivity index (χ0n) is 13.6. The highest BCUT2D eigenvalue weighted by Gasteiger charge is 2.22. The van der Waals surface area contributed by atoms with Crippen molar-refractivity contribution in [2.24, 2.45) is 0 Å². The van der Waals surface area contributed by atoms with E-state index in [2.05, 4.69) is 5.32 Å². The average Bonchev–Trinajstić information content (AvgIpc) is 2.53. The molecule has 0 spiro atoms. The van der Waals surface area contributed by atoms with Gasteiger partial charge in [0.2, 0.25) is 0 Å². The highest BCUT2D eigenvalue weighted by Crippen LogP contribution is 2.10. The number of hydrogen-bond acceptors (Lipinski definition) is 3. The first-order valence-electron chi connectivity index (χ1n) is 7.50. The third kappa shape index (κ3) is 4.68. The molecule has 2 aromatic carbocycles. The second-order valence-corrected chi connectivity index (χ2v) is 5.62. The summed E-state index contributed by atoms with van der Waals surface area (Å²) in [4.78, 5) is 24.4. The van der Waals surface area contributed by atoms with E-state index in [1.165, 1.54) is 7.11 Å². The first-order valence-corrected chi connectivity index (χ1v) is 7.50. The van der Waals surface area contributed by atoms with Crippen molar-refractivity contribution in [3.63, 3.8) is 0 Å². The largest absolute Gasteiger partial charge is 0.467 e. The van der Waals surface area contributed by atoms with Gasteiger partial charge in [-0.15, -0.1) is 0 Å². The van der Waals surface area contributed by atoms with Crippen LogP contribution in [-0.4, -0.2) is 25.0 Å². The van der Waals surface area contributed by atoms with E-state index in [1.54, 1.807) is 12.1 Å². The van der Waals surface area contributed by atoms with E-state index in [-0.39, 0.29) is 5.91 Å². The second kappa shape index (κ2) is 7.58. The Kier molecular flexibility index (Phi) is 5.52. The molecule has 0 aliphatic carbocycles. The normalized spacial score (nSPS) is 11.6. The maximum atomic E-state index is 12.5. The number of carbonyl (C=O) groups is 2. The Labute approximate surface area is 136 Å². The summed E-state index contributed by atoms with van der Waals surface area (Å²) in [7, 11) is 1.32. The molecule has 120 valence electrons. The number of hydrogen-bond donors (Lipinski definition) is 1. The van der Waals surface area contributed by atoms with E-state index in [0.29, 0.717) is 12.0 Å². The maximum absolute atomic E-state index is 12.5. The topological polar surface area (TPSA) is 55.4 Å². The number of ether oxygens (including phenoxy) is 1. The number of nitrogens with one attached hydrogen (secondary N) is 1. The van der Waals surface area contributed by atoms with Crippen LogP contribution in [0.25, 0.3) is 0 Å². The van der Waals surface area contributed by atoms with E-state index < -0.39 is 12.0 Å². The van der Waals surface area contributed by atoms with Crippen LogP contribution < -0.4 is 5.32 Å². The van der Waals surface area contributed by atoms with Gasteiger partial charge in [-0.1, -0.05) is 47.5 Å². The fourth-order valence-corrected chi connectivity index (χ4v) is 2.53. The van der Waals surface area contributed by atoms with E-state index in [0.717, 1.165) is 16.7 Å². The van der Waals surface area contributed by atoms with Crippen molar-refractivity contribution in [1.29, 1.82) is 0 Å². The van der Waals surface area contributed by atoms with Crippen molar-refractivity contribution < 1.29 is 14.3 Å². The Hall–Kier alpha value is -2.62. The van der Waals surface area contributed by atoms with E-state index >= 15 is 0 Å². The summed E-state index contributed by atoms with van der Waals surface area (Å²) >= 11 is 0. The molecule has 1 amide bonds. The zero-order chi connectivity index (χ0) is 16.8. The van der Waals surface area contributed by atoms with Crippen LogP contribution >= 0.6 is 0 Å². The summed E-state index contributed by atoms with van der Waals surface area (Å²) in [6.45, 7) is 3.87. The van der Waals surface area contributed by atoms with Crippen molar-refractivity contribution in [1.82, 2.24) is 5.32 Å². The van der Waals surface area contributed by atoms with Crippen LogP contribution in [0.2, 0.25) is 0 Å². The lowest BCUT2D eigenvalue weighted by molar-refractivity contribution is -0.142. The molecule has 2 aromatic rings. The molecule has 0 aliphatic heterocycles. The van der Waals surface area contributed by atoms with Gasteiger partial charge in [-0.05, 0) is 31.5 Å². The highest BCUT2D eigenvalue weighted by molar-refractivity contribution is 5.97. The molecule has 23 heavy (non-hydrogen) atoms. The predicted molar refractivity (Wildman–Crippen MR) is 89.3 cm³/mol. The van der Waals surface area contributed by atoms with Crippen LogP contribution in [0, 0.1) is 13.8 Å². The Morgan fingerprint density at radius 3 is 2.22 bits per heavy atom. The van der Waals surface area contributed by atoms with Crippen LogP contribution in [0.5, 0.6) is 0 Å². The summed E-state index contributed by atoms with van der Waals surface area (Å²) in [5.74, 6) is -0.727. The van der Waals surface area contributed by atoms with Crippen molar-refractivity contribution >= 4 is 11.9 Å². The second-order valence-electron chi connectivity index (χ2n) is 5.62. The Morgan fingerprint density at radius 2 is 1.65 bits per heavy atom. The fourth-order valence-electron chi connectivity index (χ4n) is 2.53. The van der Waals surface area contributed by atoms with Crippen LogP contribution in [-0.2, 0) is 16.0 Å². The molecule has 0 fully saturated rings. The van der Waals surface area contributed by atoms with Crippen LogP contribution in [0.1, 0.15) is 27.0 Å². The maximum Gasteiger partial charge on any atom is 0.328 e. The van der Waals surface area contributed by atoms with Crippen molar-refractivity contribution in [3.8, 4) is 0 Å². The quantitative estimate of drug-likeness (QED) is 0.864. The van der Waals surface area contributed by atoms with Crippen molar-refractivity contribution in [3.05, 3.63) is 70.8 Å². The number of carbonyl (C=O) groups excluding carboxylic acids is 2. The van der Waals surface area contributed by atoms with Gasteiger partial charge in [-0.25, -0.2) is 4.79 Å². The molecule has 0 saturated carbocycles. The first kappa shape index (κ1) is 16.7. The molecule has 4 heteroatoms. The molecular weight excluding hydrogens is 290 g/mol. The van der Waals surface area contributed by atoms with Gasteiger partial charge in [0.05, 0.1) is 7.11 Å². The molecule has 0 unspecified atom stereocenters. The van der Waals surface area contributed by atoms with Gasteiger partial charge in [-0.3, -0.25) is 4.79 Å². The molecule has 0 heterocycles. The van der Waals surface area contributed by atoms with Crippen LogP contribution in [0.3, 0.4) is 0 Å². The molecular formula is C19H21NO3. The lowest BCUT2D eigenvalue weighted by Crippen LogP contribution is -2.43. The van der Waals surface area contributed by atoms with E-state index in [1.807, 2.05) is 50.2 Å². The van der Waals surface area contributed by atoms with Gasteiger partial charge in [0.25, 0.3) is 5.91 Å². The molecule has 2 rings (SSSR count). The van der Waals surface area contributed by atoms with Gasteiger partial charge in [0.1, 0.15) is 6.04 Å². The number of aryl methyl sites for hydroxylation is 2. The Balaban J connectivity index is 2.17. The summed E-state index contributed by atoms with van der Waals surface area (Å²) in [5.41, 5.74) is 3.52. The average molecular weight is 311 g/mol. The molecule has 0 aromatic heterocycles. The summed E-state index contributed by atoms with van der Waals surface area (Å²) in [6, 6.07) is 14.4. The summed E-state index contributed by atoms with van der Waals surface area (Å²) in [5, 5.41) is 2.77. The summed E-state index contributed by atoms with van der Waals surface area (Å²) < 4.78 is 4.82. The lowest BCUT2D eigenvalue weighted by atomic mass is 10.0. The predicted octanol–water partition coefficient (Wildman–Crippen LogP) is 2.82. The van der Waals surface area contributed by atoms with Crippen molar-refractivity contribution in [2.75, 3.05) is 7.11 Å². The third-order valence-corrected chi connectivity index (χ3v) is 3.56. The molecule has 1 N–H and O–H groups in total. The molecule has 0 aliphatic rings. The monoisotopic (exact) mass is 311 g/mol. The van der Waals surface area contributed by atoms with E-state index in [9.17, 15) is 9.59 Å². The third-order valence-electron chi connectivity index (χ3n) is 3.56. The number of benzene rings is 2. The van der Waals surface area contributed by atoms with E-state index in [4.69, 9.17) is 4.74 Å². The minimum atomic E-state index is -0.712. The lowest BCUT2D eigenvalue weighted by Gasteiger charge is -2.17. The number of methoxy groups -OCH3 is 1. The van der Waals surface area contributed by atoms with Crippen LogP contribution in [0.4, 0.5) is 0 Å². The SMILES string of the molecule is COC(=O)[C@@H](Cc1ccccc1)NC(=O)c1cc(C)cc(C)c1. The molecule has 0 saturated heterocycles. The number of esters is 1. The van der Waals surface area contributed by atoms with Crippen LogP contribution in [0.15, 0.2) is 48.5 Å². The number of rotatable bonds is 5. The standard InChI is InChI=1S/C19H21NO3/c1-13-9-14(2)11-16(10-13)18(21)20-17(19(22)23-3)12-15-7-5-4-6-8-15/h4-11,17H,12H2,1-3H3,(H,20,21)/t17-/m1/s1. The highest BCUT2D eigenvalue weighted by atomic mass is 16.5. The molecule has 0 radical (unpaired) electrons. The fraction of sp³-hybridized carbons (Fsp3) is 0.263. The Bertz CT molecular complexity index is 675. The van der Waals surface area contributed by atoms with Gasteiger partial charge in [0.15, 0.2) is 0 Å². The molecule has 0 bridgehead atoms. The van der Waals surface area contributed by atoms with Gasteiger partial charge >= 0.3 is 5.97 Å². The minimum absolute atomic E-state index is 0.275. The summed E-state index contributed by atoms with van der Waals surface area (Å²) in [6.07, 6.45) is 0.393. The Morgan fingerprint density at radius 1 is 1.04 bits per heavy atom. The van der Waals surface area contributed by atoms with Gasteiger partial charge in [0, 0.05) is 12.0 Å². The van der Waals surface area contributed by atoms with Gasteiger partial charge < -0.3 is 10.1 Å². The zero-order valence-corrected chi connectivity index (χ0v) is 13.6. The van der Waals surface area contributed by atoms with Gasteiger partial charge in [-0.2, -0.15) is 0 Å². The molecule has 4 nitrogen and oxygen atoms in total.